The monoisotopic (exact) mass is 340 g/mol. The van der Waals surface area contributed by atoms with Crippen molar-refractivity contribution in [2.45, 2.75) is 0 Å². The highest BCUT2D eigenvalue weighted by Crippen LogP contribution is 2.38. The van der Waals surface area contributed by atoms with Crippen molar-refractivity contribution in [1.29, 1.82) is 0 Å². The lowest BCUT2D eigenvalue weighted by molar-refractivity contribution is 1.64. The maximum absolute atomic E-state index is 5.77. The van der Waals surface area contributed by atoms with Crippen LogP contribution in [0.5, 0.6) is 0 Å². The van der Waals surface area contributed by atoms with Gasteiger partial charge in [-0.1, -0.05) is 46.4 Å². The summed E-state index contributed by atoms with van der Waals surface area (Å²) in [5.74, 6) is 0. The van der Waals surface area contributed by atoms with Gasteiger partial charge >= 0.3 is 0 Å². The molecule has 0 heterocycles. The van der Waals surface area contributed by atoms with E-state index in [0.717, 1.165) is 3.57 Å². The van der Waals surface area contributed by atoms with Gasteiger partial charge in [-0.15, -0.1) is 0 Å². The summed E-state index contributed by atoms with van der Waals surface area (Å²) in [5, 5.41) is 1.48. The number of halogens is 5. The largest absolute Gasteiger partial charge is 0.0826 e. The second-order valence-electron chi connectivity index (χ2n) is 1.78. The molecule has 0 spiro atoms. The zero-order chi connectivity index (χ0) is 8.59. The number of benzene rings is 1. The second-order valence-corrected chi connectivity index (χ2v) is 4.49. The number of hydrogen-bond donors (Lipinski definition) is 0. The van der Waals surface area contributed by atoms with Gasteiger partial charge < -0.3 is 0 Å². The summed E-state index contributed by atoms with van der Waals surface area (Å²) in [6.07, 6.45) is 0. The smallest absolute Gasteiger partial charge is 0.0804 e. The van der Waals surface area contributed by atoms with Crippen molar-refractivity contribution in [3.63, 3.8) is 0 Å². The zero-order valence-electron chi connectivity index (χ0n) is 4.97. The van der Waals surface area contributed by atoms with Crippen LogP contribution in [0, 0.1) is 3.57 Å². The Morgan fingerprint density at radius 3 is 2.00 bits per heavy atom. The van der Waals surface area contributed by atoms with Crippen LogP contribution in [0.2, 0.25) is 20.1 Å². The molecule has 0 N–H and O–H groups in total. The van der Waals surface area contributed by atoms with Gasteiger partial charge in [0.05, 0.1) is 20.1 Å². The average molecular weight is 342 g/mol. The third kappa shape index (κ3) is 2.07. The molecule has 1 rings (SSSR count). The Kier molecular flexibility index (Phi) is 3.59. The summed E-state index contributed by atoms with van der Waals surface area (Å²) in [4.78, 5) is 0. The molecule has 0 saturated carbocycles. The van der Waals surface area contributed by atoms with E-state index in [0.29, 0.717) is 20.1 Å². The van der Waals surface area contributed by atoms with E-state index in [1.165, 1.54) is 0 Å². The quantitative estimate of drug-likeness (QED) is 0.357. The summed E-state index contributed by atoms with van der Waals surface area (Å²) in [5.41, 5.74) is 0. The molecule has 5 heteroatoms. The lowest BCUT2D eigenvalue weighted by Gasteiger charge is -2.02. The van der Waals surface area contributed by atoms with Crippen molar-refractivity contribution in [2.24, 2.45) is 0 Å². The summed E-state index contributed by atoms with van der Waals surface area (Å²) in [6, 6.07) is 1.67. The molecule has 0 aliphatic rings. The van der Waals surface area contributed by atoms with Gasteiger partial charge in [0.25, 0.3) is 0 Å². The van der Waals surface area contributed by atoms with Crippen molar-refractivity contribution in [3.05, 3.63) is 29.7 Å². The first-order valence-electron chi connectivity index (χ1n) is 2.52. The standard InChI is InChI=1S/C6HCl4I/c7-2-1-3(11)5(9)6(10)4(2)8/h1H. The fourth-order valence-electron chi connectivity index (χ4n) is 0.544. The van der Waals surface area contributed by atoms with Crippen LogP contribution in [0.4, 0.5) is 0 Å². The van der Waals surface area contributed by atoms with Gasteiger partial charge in [-0.25, -0.2) is 0 Å². The second kappa shape index (κ2) is 3.88. The van der Waals surface area contributed by atoms with E-state index in [1.807, 2.05) is 22.6 Å². The van der Waals surface area contributed by atoms with E-state index in [2.05, 4.69) is 0 Å². The lowest BCUT2D eigenvalue weighted by Crippen LogP contribution is -1.79. The molecule has 0 aliphatic heterocycles. The molecule has 1 aromatic carbocycles. The molecule has 0 saturated heterocycles. The van der Waals surface area contributed by atoms with E-state index in [-0.39, 0.29) is 0 Å². The Morgan fingerprint density at radius 1 is 0.909 bits per heavy atom. The van der Waals surface area contributed by atoms with Crippen LogP contribution >= 0.6 is 69.0 Å². The van der Waals surface area contributed by atoms with Crippen molar-refractivity contribution in [1.82, 2.24) is 0 Å². The summed E-state index contributed by atoms with van der Waals surface area (Å²) in [7, 11) is 0. The summed E-state index contributed by atoms with van der Waals surface area (Å²) in [6.45, 7) is 0. The molecule has 0 atom stereocenters. The number of rotatable bonds is 0. The highest BCUT2D eigenvalue weighted by atomic mass is 127. The molecule has 0 aliphatic carbocycles. The molecular formula is C6HCl4I. The zero-order valence-corrected chi connectivity index (χ0v) is 10.1. The van der Waals surface area contributed by atoms with Crippen LogP contribution in [-0.4, -0.2) is 0 Å². The fourth-order valence-corrected chi connectivity index (χ4v) is 2.27. The Morgan fingerprint density at radius 2 is 1.45 bits per heavy atom. The van der Waals surface area contributed by atoms with Gasteiger partial charge in [-0.2, -0.15) is 0 Å². The van der Waals surface area contributed by atoms with E-state index >= 15 is 0 Å². The first-order chi connectivity index (χ1) is 5.04. The van der Waals surface area contributed by atoms with Crippen molar-refractivity contribution in [2.75, 3.05) is 0 Å². The van der Waals surface area contributed by atoms with Crippen molar-refractivity contribution < 1.29 is 0 Å². The molecule has 11 heavy (non-hydrogen) atoms. The topological polar surface area (TPSA) is 0 Å². The molecule has 0 amide bonds. The third-order valence-electron chi connectivity index (χ3n) is 1.06. The first kappa shape index (κ1) is 10.2. The fraction of sp³-hybridized carbons (Fsp3) is 0. The van der Waals surface area contributed by atoms with Crippen molar-refractivity contribution >= 4 is 69.0 Å². The molecule has 1 aromatic rings. The highest BCUT2D eigenvalue weighted by molar-refractivity contribution is 14.1. The predicted molar refractivity (Wildman–Crippen MR) is 59.2 cm³/mol. The van der Waals surface area contributed by atoms with Gasteiger partial charge in [0.1, 0.15) is 0 Å². The molecule has 0 nitrogen and oxygen atoms in total. The van der Waals surface area contributed by atoms with Gasteiger partial charge in [0.15, 0.2) is 0 Å². The van der Waals surface area contributed by atoms with Crippen LogP contribution in [0.15, 0.2) is 6.07 Å². The minimum Gasteiger partial charge on any atom is -0.0826 e. The minimum atomic E-state index is 0.304. The van der Waals surface area contributed by atoms with Crippen LogP contribution in [0.25, 0.3) is 0 Å². The molecule has 0 unspecified atom stereocenters. The van der Waals surface area contributed by atoms with Gasteiger partial charge in [-0.05, 0) is 28.7 Å². The SMILES string of the molecule is Clc1cc(I)c(Cl)c(Cl)c1Cl. The summed E-state index contributed by atoms with van der Waals surface area (Å²) < 4.78 is 0.795. The third-order valence-corrected chi connectivity index (χ3v) is 3.98. The molecule has 0 radical (unpaired) electrons. The first-order valence-corrected chi connectivity index (χ1v) is 5.11. The normalized spacial score (nSPS) is 10.3. The van der Waals surface area contributed by atoms with Gasteiger partial charge in [-0.3, -0.25) is 0 Å². The molecule has 0 bridgehead atoms. The Labute approximate surface area is 97.9 Å². The lowest BCUT2D eigenvalue weighted by atomic mass is 10.4. The van der Waals surface area contributed by atoms with Gasteiger partial charge in [0, 0.05) is 3.57 Å². The van der Waals surface area contributed by atoms with E-state index in [9.17, 15) is 0 Å². The van der Waals surface area contributed by atoms with Crippen LogP contribution in [0.1, 0.15) is 0 Å². The predicted octanol–water partition coefficient (Wildman–Crippen LogP) is 4.90. The van der Waals surface area contributed by atoms with Crippen LogP contribution in [-0.2, 0) is 0 Å². The summed E-state index contributed by atoms with van der Waals surface area (Å²) >= 11 is 25.0. The van der Waals surface area contributed by atoms with Crippen LogP contribution < -0.4 is 0 Å². The average Bonchev–Trinajstić information content (AvgIpc) is 1.97. The van der Waals surface area contributed by atoms with Crippen molar-refractivity contribution in [3.8, 4) is 0 Å². The molecule has 0 aromatic heterocycles. The van der Waals surface area contributed by atoms with E-state index in [4.69, 9.17) is 46.4 Å². The minimum absolute atomic E-state index is 0.304. The highest BCUT2D eigenvalue weighted by Gasteiger charge is 2.10. The maximum Gasteiger partial charge on any atom is 0.0804 e. The van der Waals surface area contributed by atoms with Gasteiger partial charge in [0.2, 0.25) is 0 Å². The van der Waals surface area contributed by atoms with E-state index < -0.39 is 0 Å². The van der Waals surface area contributed by atoms with Crippen LogP contribution in [0.3, 0.4) is 0 Å². The Balaban J connectivity index is 3.46. The maximum atomic E-state index is 5.77. The molecular weight excluding hydrogens is 341 g/mol. The Hall–Kier alpha value is 1.11. The number of hydrogen-bond acceptors (Lipinski definition) is 0. The van der Waals surface area contributed by atoms with E-state index in [1.54, 1.807) is 6.07 Å². The Bertz CT molecular complexity index is 271. The molecule has 0 fully saturated rings. The molecule has 60 valence electrons.